The van der Waals surface area contributed by atoms with Gasteiger partial charge < -0.3 is 25.0 Å². The van der Waals surface area contributed by atoms with Crippen molar-refractivity contribution in [2.45, 2.75) is 76.9 Å². The molecule has 1 aliphatic carbocycles. The summed E-state index contributed by atoms with van der Waals surface area (Å²) in [4.78, 5) is 26.5. The Bertz CT molecular complexity index is 1640. The zero-order valence-corrected chi connectivity index (χ0v) is 26.6. The van der Waals surface area contributed by atoms with Crippen LogP contribution in [0.3, 0.4) is 0 Å². The maximum Gasteiger partial charge on any atom is 0.251 e. The van der Waals surface area contributed by atoms with Gasteiger partial charge in [0.25, 0.3) is 5.91 Å². The summed E-state index contributed by atoms with van der Waals surface area (Å²) in [5.74, 6) is 1.21. The quantitative estimate of drug-likeness (QED) is 0.204. The molecule has 0 radical (unpaired) electrons. The Morgan fingerprint density at radius 2 is 1.52 bits per heavy atom. The van der Waals surface area contributed by atoms with Crippen molar-refractivity contribution < 1.29 is 19.4 Å². The SMILES string of the molecule is O=C1Cn2c(-c3ccc(OCc4cc(O)ccc4Br)cc3)c(C3CCCCC3)c3ccc(cc32)C(=O)NCCCCCCN1. The van der Waals surface area contributed by atoms with Gasteiger partial charge >= 0.3 is 0 Å². The fourth-order valence-electron chi connectivity index (χ4n) is 6.67. The molecule has 1 aliphatic heterocycles. The normalized spacial score (nSPS) is 17.1. The van der Waals surface area contributed by atoms with E-state index in [1.54, 1.807) is 12.1 Å². The van der Waals surface area contributed by atoms with Crippen LogP contribution < -0.4 is 15.4 Å². The van der Waals surface area contributed by atoms with Gasteiger partial charge in [0.1, 0.15) is 24.7 Å². The van der Waals surface area contributed by atoms with Crippen LogP contribution in [0.1, 0.15) is 85.2 Å². The average molecular weight is 659 g/mol. The van der Waals surface area contributed by atoms with Gasteiger partial charge in [-0.05, 0) is 97.3 Å². The van der Waals surface area contributed by atoms with Crippen molar-refractivity contribution in [2.24, 2.45) is 0 Å². The predicted molar refractivity (Wildman–Crippen MR) is 177 cm³/mol. The summed E-state index contributed by atoms with van der Waals surface area (Å²) in [6, 6.07) is 19.2. The molecule has 7 nitrogen and oxygen atoms in total. The molecule has 44 heavy (non-hydrogen) atoms. The highest BCUT2D eigenvalue weighted by Crippen LogP contribution is 2.44. The maximum absolute atomic E-state index is 13.4. The molecular formula is C36H40BrN3O4. The third kappa shape index (κ3) is 6.80. The Labute approximate surface area is 267 Å². The number of halogens is 1. The number of phenolic OH excluding ortho intramolecular Hbond substituents is 1. The number of rotatable bonds is 5. The molecule has 0 unspecified atom stereocenters. The number of carbonyl (C=O) groups excluding carboxylic acids is 2. The molecule has 2 heterocycles. The number of aromatic hydroxyl groups is 1. The number of amides is 2. The van der Waals surface area contributed by atoms with Crippen molar-refractivity contribution in [3.63, 3.8) is 0 Å². The third-order valence-electron chi connectivity index (χ3n) is 8.94. The van der Waals surface area contributed by atoms with Crippen molar-refractivity contribution in [2.75, 3.05) is 13.1 Å². The monoisotopic (exact) mass is 657 g/mol. The Kier molecular flexibility index (Phi) is 9.55. The van der Waals surface area contributed by atoms with Crippen molar-refractivity contribution in [1.82, 2.24) is 15.2 Å². The van der Waals surface area contributed by atoms with E-state index >= 15 is 0 Å². The van der Waals surface area contributed by atoms with E-state index in [9.17, 15) is 14.7 Å². The van der Waals surface area contributed by atoms with Gasteiger partial charge in [-0.1, -0.05) is 54.1 Å². The summed E-state index contributed by atoms with van der Waals surface area (Å²) >= 11 is 3.53. The number of fused-ring (bicyclic) bond motifs is 1. The number of carbonyl (C=O) groups is 2. The summed E-state index contributed by atoms with van der Waals surface area (Å²) in [6.07, 6.45) is 9.75. The third-order valence-corrected chi connectivity index (χ3v) is 9.72. The first-order valence-electron chi connectivity index (χ1n) is 15.9. The van der Waals surface area contributed by atoms with E-state index in [-0.39, 0.29) is 24.1 Å². The highest BCUT2D eigenvalue weighted by Gasteiger charge is 2.28. The highest BCUT2D eigenvalue weighted by atomic mass is 79.9. The molecule has 1 saturated carbocycles. The second-order valence-electron chi connectivity index (χ2n) is 12.0. The summed E-state index contributed by atoms with van der Waals surface area (Å²) in [5.41, 5.74) is 5.74. The zero-order valence-electron chi connectivity index (χ0n) is 25.0. The topological polar surface area (TPSA) is 92.6 Å². The van der Waals surface area contributed by atoms with Crippen LogP contribution in [0.25, 0.3) is 22.2 Å². The first-order valence-corrected chi connectivity index (χ1v) is 16.7. The molecule has 2 amide bonds. The van der Waals surface area contributed by atoms with Gasteiger partial charge in [0, 0.05) is 34.1 Å². The number of ether oxygens (including phenoxy) is 1. The molecule has 1 aromatic heterocycles. The molecular weight excluding hydrogens is 618 g/mol. The van der Waals surface area contributed by atoms with Crippen molar-refractivity contribution in [1.29, 1.82) is 0 Å². The van der Waals surface area contributed by atoms with Gasteiger partial charge in [-0.25, -0.2) is 0 Å². The molecule has 0 atom stereocenters. The molecule has 8 heteroatoms. The minimum Gasteiger partial charge on any atom is -0.508 e. The van der Waals surface area contributed by atoms with Crippen LogP contribution in [-0.4, -0.2) is 34.6 Å². The van der Waals surface area contributed by atoms with Gasteiger partial charge in [0.05, 0.1) is 11.2 Å². The van der Waals surface area contributed by atoms with Crippen LogP contribution in [0.15, 0.2) is 65.1 Å². The fraction of sp³-hybridized carbons (Fsp3) is 0.389. The van der Waals surface area contributed by atoms with E-state index in [0.717, 1.165) is 70.7 Å². The summed E-state index contributed by atoms with van der Waals surface area (Å²) < 4.78 is 9.09. The van der Waals surface area contributed by atoms with Crippen LogP contribution in [0.5, 0.6) is 11.5 Å². The number of phenols is 1. The Morgan fingerprint density at radius 1 is 0.818 bits per heavy atom. The van der Waals surface area contributed by atoms with Crippen LogP contribution in [0.4, 0.5) is 0 Å². The number of aromatic nitrogens is 1. The van der Waals surface area contributed by atoms with Crippen molar-refractivity contribution >= 4 is 38.6 Å². The number of hydrogen-bond acceptors (Lipinski definition) is 4. The van der Waals surface area contributed by atoms with E-state index in [1.807, 2.05) is 30.3 Å². The average Bonchev–Trinajstić information content (AvgIpc) is 3.35. The number of nitrogens with zero attached hydrogens (tertiary/aromatic N) is 1. The Balaban J connectivity index is 1.42. The van der Waals surface area contributed by atoms with E-state index in [1.165, 1.54) is 24.8 Å². The lowest BCUT2D eigenvalue weighted by atomic mass is 9.81. The van der Waals surface area contributed by atoms with Gasteiger partial charge in [-0.3, -0.25) is 9.59 Å². The lowest BCUT2D eigenvalue weighted by molar-refractivity contribution is -0.121. The van der Waals surface area contributed by atoms with Gasteiger partial charge in [-0.2, -0.15) is 0 Å². The van der Waals surface area contributed by atoms with Crippen LogP contribution >= 0.6 is 15.9 Å². The molecule has 2 bridgehead atoms. The minimum atomic E-state index is -0.0698. The number of hydrogen-bond donors (Lipinski definition) is 3. The molecule has 4 aromatic rings. The second-order valence-corrected chi connectivity index (χ2v) is 12.9. The van der Waals surface area contributed by atoms with Crippen LogP contribution in [-0.2, 0) is 17.9 Å². The molecule has 0 spiro atoms. The first-order chi connectivity index (χ1) is 21.5. The number of benzene rings is 3. The lowest BCUT2D eigenvalue weighted by Crippen LogP contribution is -2.28. The number of nitrogens with one attached hydrogen (secondary N) is 2. The molecule has 3 N–H and O–H groups in total. The van der Waals surface area contributed by atoms with Crippen molar-refractivity contribution in [3.8, 4) is 22.8 Å². The highest BCUT2D eigenvalue weighted by molar-refractivity contribution is 9.10. The van der Waals surface area contributed by atoms with Crippen LogP contribution in [0.2, 0.25) is 0 Å². The summed E-state index contributed by atoms with van der Waals surface area (Å²) in [6.45, 7) is 1.81. The lowest BCUT2D eigenvalue weighted by Gasteiger charge is -2.24. The summed E-state index contributed by atoms with van der Waals surface area (Å²) in [7, 11) is 0. The minimum absolute atomic E-state index is 0.0142. The molecule has 1 fully saturated rings. The van der Waals surface area contributed by atoms with Crippen molar-refractivity contribution in [3.05, 3.63) is 81.8 Å². The van der Waals surface area contributed by atoms with Gasteiger partial charge in [0.15, 0.2) is 0 Å². The predicted octanol–water partition coefficient (Wildman–Crippen LogP) is 7.82. The first kappa shape index (κ1) is 30.3. The van der Waals surface area contributed by atoms with E-state index in [2.05, 4.69) is 49.3 Å². The van der Waals surface area contributed by atoms with E-state index in [0.29, 0.717) is 36.9 Å². The van der Waals surface area contributed by atoms with Gasteiger partial charge in [-0.15, -0.1) is 0 Å². The smallest absolute Gasteiger partial charge is 0.251 e. The molecule has 3 aromatic carbocycles. The Morgan fingerprint density at radius 3 is 2.30 bits per heavy atom. The standard InChI is InChI=1S/C36H40BrN3O4/c37-31-17-13-28(41)20-27(31)23-44-29-14-10-25(11-15-29)35-34(24-8-4-3-5-9-24)30-16-12-26-21-32(30)40(35)22-33(42)38-18-6-1-2-7-19-39-36(26)43/h10-17,20-21,24,41H,1-9,18-19,22-23H2,(H,38,42)(H,39,43). The largest absolute Gasteiger partial charge is 0.508 e. The Hall–Kier alpha value is -3.78. The molecule has 2 aliphatic rings. The zero-order chi connectivity index (χ0) is 30.5. The fourth-order valence-corrected chi connectivity index (χ4v) is 7.04. The molecule has 0 saturated heterocycles. The molecule has 230 valence electrons. The van der Waals surface area contributed by atoms with E-state index < -0.39 is 0 Å². The summed E-state index contributed by atoms with van der Waals surface area (Å²) in [5, 5.41) is 17.2. The second kappa shape index (κ2) is 13.9. The maximum atomic E-state index is 13.4. The van der Waals surface area contributed by atoms with E-state index in [4.69, 9.17) is 4.74 Å². The van der Waals surface area contributed by atoms with Gasteiger partial charge in [0.2, 0.25) is 5.91 Å². The van der Waals surface area contributed by atoms with Crippen LogP contribution in [0, 0.1) is 0 Å². The molecule has 6 rings (SSSR count).